The van der Waals surface area contributed by atoms with Gasteiger partial charge in [-0.15, -0.1) is 0 Å². The lowest BCUT2D eigenvalue weighted by molar-refractivity contribution is -0.123. The van der Waals surface area contributed by atoms with E-state index in [0.717, 1.165) is 32.1 Å². The number of halogens is 1. The van der Waals surface area contributed by atoms with Crippen LogP contribution in [0.25, 0.3) is 0 Å². The molecule has 0 unspecified atom stereocenters. The number of carbonyl (C=O) groups excluding carboxylic acids is 1. The highest BCUT2D eigenvalue weighted by molar-refractivity contribution is 5.91. The van der Waals surface area contributed by atoms with Crippen LogP contribution in [0.1, 0.15) is 44.6 Å². The highest BCUT2D eigenvalue weighted by Gasteiger charge is 2.52. The number of unbranched alkanes of at least 4 members (excludes halogenated alkanes) is 2. The van der Waals surface area contributed by atoms with Crippen molar-refractivity contribution < 1.29 is 9.18 Å². The monoisotopic (exact) mass is 249 g/mol. The second-order valence-corrected chi connectivity index (χ2v) is 5.02. The maximum Gasteiger partial charge on any atom is 0.230 e. The second-order valence-electron chi connectivity index (χ2n) is 5.02. The normalized spacial score (nSPS) is 16.3. The third-order valence-electron chi connectivity index (χ3n) is 3.64. The first-order chi connectivity index (χ1) is 8.70. The molecule has 1 aliphatic rings. The molecule has 1 aromatic carbocycles. The van der Waals surface area contributed by atoms with Crippen LogP contribution in [0.5, 0.6) is 0 Å². The molecule has 1 fully saturated rings. The summed E-state index contributed by atoms with van der Waals surface area (Å²) in [7, 11) is 0. The maximum atomic E-state index is 13.7. The molecule has 0 aromatic heterocycles. The molecular formula is C15H20FNO. The quantitative estimate of drug-likeness (QED) is 0.771. The number of hydrogen-bond acceptors (Lipinski definition) is 1. The van der Waals surface area contributed by atoms with Gasteiger partial charge >= 0.3 is 0 Å². The fraction of sp³-hybridized carbons (Fsp3) is 0.533. The first kappa shape index (κ1) is 13.1. The van der Waals surface area contributed by atoms with E-state index in [4.69, 9.17) is 0 Å². The van der Waals surface area contributed by atoms with E-state index in [-0.39, 0.29) is 11.7 Å². The first-order valence-electron chi connectivity index (χ1n) is 6.74. The zero-order chi connectivity index (χ0) is 13.0. The van der Waals surface area contributed by atoms with Crippen LogP contribution in [0.2, 0.25) is 0 Å². The van der Waals surface area contributed by atoms with E-state index in [2.05, 4.69) is 12.2 Å². The fourth-order valence-corrected chi connectivity index (χ4v) is 2.34. The Morgan fingerprint density at radius 3 is 2.67 bits per heavy atom. The van der Waals surface area contributed by atoms with Crippen LogP contribution >= 0.6 is 0 Å². The maximum absolute atomic E-state index is 13.7. The molecule has 0 saturated heterocycles. The van der Waals surface area contributed by atoms with Crippen molar-refractivity contribution >= 4 is 5.91 Å². The predicted octanol–water partition coefficient (Wildman–Crippen LogP) is 3.16. The average molecular weight is 249 g/mol. The summed E-state index contributed by atoms with van der Waals surface area (Å²) in [6.45, 7) is 2.83. The van der Waals surface area contributed by atoms with Crippen molar-refractivity contribution in [1.82, 2.24) is 5.32 Å². The molecule has 0 radical (unpaired) electrons. The third-order valence-corrected chi connectivity index (χ3v) is 3.64. The van der Waals surface area contributed by atoms with Gasteiger partial charge in [-0.3, -0.25) is 4.79 Å². The Balaban J connectivity index is 1.99. The largest absolute Gasteiger partial charge is 0.355 e. The van der Waals surface area contributed by atoms with Crippen molar-refractivity contribution in [3.63, 3.8) is 0 Å². The summed E-state index contributed by atoms with van der Waals surface area (Å²) >= 11 is 0. The van der Waals surface area contributed by atoms with Crippen molar-refractivity contribution in [2.75, 3.05) is 6.54 Å². The topological polar surface area (TPSA) is 29.1 Å². The zero-order valence-electron chi connectivity index (χ0n) is 10.8. The van der Waals surface area contributed by atoms with Gasteiger partial charge in [0.15, 0.2) is 0 Å². The molecular weight excluding hydrogens is 229 g/mol. The standard InChI is InChI=1S/C15H20FNO/c1-2-3-6-11-17-14(18)15(9-10-15)12-7-4-5-8-13(12)16/h4-5,7-8H,2-3,6,9-11H2,1H3,(H,17,18). The van der Waals surface area contributed by atoms with Crippen molar-refractivity contribution in [3.05, 3.63) is 35.6 Å². The molecule has 0 atom stereocenters. The molecule has 2 rings (SSSR count). The Labute approximate surface area is 108 Å². The van der Waals surface area contributed by atoms with Gasteiger partial charge in [0, 0.05) is 12.1 Å². The zero-order valence-corrected chi connectivity index (χ0v) is 10.8. The van der Waals surface area contributed by atoms with Gasteiger partial charge in [-0.2, -0.15) is 0 Å². The van der Waals surface area contributed by atoms with Gasteiger partial charge in [0.1, 0.15) is 5.82 Å². The molecule has 3 heteroatoms. The number of nitrogens with one attached hydrogen (secondary N) is 1. The summed E-state index contributed by atoms with van der Waals surface area (Å²) in [6.07, 6.45) is 4.76. The molecule has 1 amide bonds. The fourth-order valence-electron chi connectivity index (χ4n) is 2.34. The van der Waals surface area contributed by atoms with Gasteiger partial charge in [-0.05, 0) is 25.3 Å². The average Bonchev–Trinajstić information content (AvgIpc) is 3.16. The molecule has 2 nitrogen and oxygen atoms in total. The summed E-state index contributed by atoms with van der Waals surface area (Å²) in [5.74, 6) is -0.276. The van der Waals surface area contributed by atoms with Gasteiger partial charge in [-0.25, -0.2) is 4.39 Å². The molecule has 18 heavy (non-hydrogen) atoms. The highest BCUT2D eigenvalue weighted by atomic mass is 19.1. The second kappa shape index (κ2) is 5.51. The van der Waals surface area contributed by atoms with Crippen LogP contribution in [0.4, 0.5) is 4.39 Å². The molecule has 1 N–H and O–H groups in total. The summed E-state index contributed by atoms with van der Waals surface area (Å²) in [4.78, 5) is 12.2. The van der Waals surface area contributed by atoms with Crippen molar-refractivity contribution in [3.8, 4) is 0 Å². The van der Waals surface area contributed by atoms with Crippen LogP contribution in [0, 0.1) is 5.82 Å². The highest BCUT2D eigenvalue weighted by Crippen LogP contribution is 2.49. The Morgan fingerprint density at radius 1 is 1.33 bits per heavy atom. The first-order valence-corrected chi connectivity index (χ1v) is 6.74. The van der Waals surface area contributed by atoms with E-state index >= 15 is 0 Å². The van der Waals surface area contributed by atoms with Crippen LogP contribution in [-0.2, 0) is 10.2 Å². The molecule has 1 aliphatic carbocycles. The van der Waals surface area contributed by atoms with Gasteiger partial charge in [0.25, 0.3) is 0 Å². The third kappa shape index (κ3) is 2.55. The lowest BCUT2D eigenvalue weighted by Crippen LogP contribution is -2.35. The minimum absolute atomic E-state index is 0.0105. The van der Waals surface area contributed by atoms with Crippen LogP contribution in [-0.4, -0.2) is 12.5 Å². The smallest absolute Gasteiger partial charge is 0.230 e. The van der Waals surface area contributed by atoms with Gasteiger partial charge < -0.3 is 5.32 Å². The molecule has 0 bridgehead atoms. The lowest BCUT2D eigenvalue weighted by atomic mass is 9.94. The molecule has 0 spiro atoms. The molecule has 1 saturated carbocycles. The van der Waals surface area contributed by atoms with Gasteiger partial charge in [0.2, 0.25) is 5.91 Å². The summed E-state index contributed by atoms with van der Waals surface area (Å²) in [6, 6.07) is 6.62. The van der Waals surface area contributed by atoms with Crippen molar-refractivity contribution in [1.29, 1.82) is 0 Å². The minimum atomic E-state index is -0.586. The molecule has 1 aromatic rings. The van der Waals surface area contributed by atoms with Gasteiger partial charge in [0.05, 0.1) is 5.41 Å². The number of rotatable bonds is 6. The summed E-state index contributed by atoms with van der Waals surface area (Å²) < 4.78 is 13.7. The number of hydrogen-bond donors (Lipinski definition) is 1. The van der Waals surface area contributed by atoms with Gasteiger partial charge in [-0.1, -0.05) is 38.0 Å². The van der Waals surface area contributed by atoms with Crippen LogP contribution in [0.15, 0.2) is 24.3 Å². The summed E-state index contributed by atoms with van der Waals surface area (Å²) in [5, 5.41) is 2.94. The molecule has 0 heterocycles. The Kier molecular flexibility index (Phi) is 4.00. The van der Waals surface area contributed by atoms with Crippen molar-refractivity contribution in [2.45, 2.75) is 44.4 Å². The van der Waals surface area contributed by atoms with E-state index in [1.54, 1.807) is 18.2 Å². The van der Waals surface area contributed by atoms with E-state index in [9.17, 15) is 9.18 Å². The van der Waals surface area contributed by atoms with E-state index < -0.39 is 5.41 Å². The number of benzene rings is 1. The Morgan fingerprint density at radius 2 is 2.06 bits per heavy atom. The minimum Gasteiger partial charge on any atom is -0.355 e. The predicted molar refractivity (Wildman–Crippen MR) is 69.8 cm³/mol. The molecule has 0 aliphatic heterocycles. The Bertz CT molecular complexity index is 426. The molecule has 98 valence electrons. The van der Waals surface area contributed by atoms with E-state index in [1.165, 1.54) is 6.07 Å². The van der Waals surface area contributed by atoms with E-state index in [0.29, 0.717) is 12.1 Å². The van der Waals surface area contributed by atoms with Crippen LogP contribution < -0.4 is 5.32 Å². The Hall–Kier alpha value is -1.38. The number of amides is 1. The SMILES string of the molecule is CCCCCNC(=O)C1(c2ccccc2F)CC1. The van der Waals surface area contributed by atoms with Crippen molar-refractivity contribution in [2.24, 2.45) is 0 Å². The van der Waals surface area contributed by atoms with Crippen LogP contribution in [0.3, 0.4) is 0 Å². The number of carbonyl (C=O) groups is 1. The lowest BCUT2D eigenvalue weighted by Gasteiger charge is -2.16. The van der Waals surface area contributed by atoms with E-state index in [1.807, 2.05) is 0 Å². The summed E-state index contributed by atoms with van der Waals surface area (Å²) in [5.41, 5.74) is -0.0321.